The molecular weight excluding hydrogens is 204 g/mol. The Morgan fingerprint density at radius 1 is 1.33 bits per heavy atom. The van der Waals surface area contributed by atoms with Crippen molar-refractivity contribution in [1.29, 1.82) is 0 Å². The topological polar surface area (TPSA) is 9.23 Å². The van der Waals surface area contributed by atoms with Crippen molar-refractivity contribution in [1.82, 2.24) is 0 Å². The summed E-state index contributed by atoms with van der Waals surface area (Å²) in [7, 11) is 0. The van der Waals surface area contributed by atoms with E-state index in [0.717, 1.165) is 5.75 Å². The minimum Gasteiger partial charge on any atom is -0.489 e. The highest BCUT2D eigenvalue weighted by Crippen LogP contribution is 2.35. The average molecular weight is 222 g/mol. The lowest BCUT2D eigenvalue weighted by Gasteiger charge is -2.12. The normalized spacial score (nSPS) is 15.7. The molecule has 0 atom stereocenters. The predicted octanol–water partition coefficient (Wildman–Crippen LogP) is 4.07. The van der Waals surface area contributed by atoms with Crippen molar-refractivity contribution in [3.63, 3.8) is 0 Å². The van der Waals surface area contributed by atoms with Gasteiger partial charge in [0.15, 0.2) is 0 Å². The molecule has 1 saturated carbocycles. The zero-order valence-electron chi connectivity index (χ0n) is 9.62. The van der Waals surface area contributed by atoms with Crippen LogP contribution in [0.5, 0.6) is 5.75 Å². The summed E-state index contributed by atoms with van der Waals surface area (Å²) in [6, 6.07) is 6.56. The summed E-state index contributed by atoms with van der Waals surface area (Å²) >= 11 is 1.77. The quantitative estimate of drug-likeness (QED) is 0.710. The third-order valence-corrected chi connectivity index (χ3v) is 3.43. The van der Waals surface area contributed by atoms with E-state index in [1.165, 1.54) is 23.3 Å². The predicted molar refractivity (Wildman–Crippen MR) is 66.0 cm³/mol. The van der Waals surface area contributed by atoms with Crippen LogP contribution in [0.3, 0.4) is 0 Å². The van der Waals surface area contributed by atoms with Crippen LogP contribution in [0.1, 0.15) is 38.2 Å². The Balaban J connectivity index is 2.21. The molecule has 0 heterocycles. The Morgan fingerprint density at radius 2 is 2.07 bits per heavy atom. The monoisotopic (exact) mass is 222 g/mol. The second kappa shape index (κ2) is 4.48. The van der Waals surface area contributed by atoms with Crippen molar-refractivity contribution in [2.24, 2.45) is 0 Å². The van der Waals surface area contributed by atoms with Gasteiger partial charge < -0.3 is 4.74 Å². The van der Waals surface area contributed by atoms with E-state index < -0.39 is 0 Å². The van der Waals surface area contributed by atoms with E-state index in [9.17, 15) is 0 Å². The highest BCUT2D eigenvalue weighted by atomic mass is 32.2. The van der Waals surface area contributed by atoms with Gasteiger partial charge in [0, 0.05) is 4.90 Å². The fourth-order valence-corrected chi connectivity index (χ4v) is 2.08. The van der Waals surface area contributed by atoms with Gasteiger partial charge in [0.2, 0.25) is 0 Å². The highest BCUT2D eigenvalue weighted by molar-refractivity contribution is 7.98. The fraction of sp³-hybridized carbons (Fsp3) is 0.538. The van der Waals surface area contributed by atoms with Gasteiger partial charge in [-0.1, -0.05) is 19.9 Å². The lowest BCUT2D eigenvalue weighted by Crippen LogP contribution is -1.98. The molecule has 2 heteroatoms. The maximum Gasteiger partial charge on any atom is 0.133 e. The van der Waals surface area contributed by atoms with Crippen LogP contribution in [-0.4, -0.2) is 12.4 Å². The molecule has 1 fully saturated rings. The van der Waals surface area contributed by atoms with Gasteiger partial charge in [-0.05, 0) is 42.7 Å². The van der Waals surface area contributed by atoms with Crippen molar-refractivity contribution in [3.05, 3.63) is 23.8 Å². The van der Waals surface area contributed by atoms with Crippen molar-refractivity contribution in [2.45, 2.75) is 43.6 Å². The van der Waals surface area contributed by atoms with E-state index in [1.54, 1.807) is 11.8 Å². The van der Waals surface area contributed by atoms with Crippen molar-refractivity contribution >= 4 is 11.8 Å². The molecule has 1 nitrogen and oxygen atoms in total. The first-order valence-electron chi connectivity index (χ1n) is 5.55. The molecule has 1 aromatic carbocycles. The summed E-state index contributed by atoms with van der Waals surface area (Å²) in [5.74, 6) is 1.65. The molecule has 1 aliphatic rings. The molecule has 0 amide bonds. The molecule has 0 aliphatic heterocycles. The van der Waals surface area contributed by atoms with Gasteiger partial charge in [-0.25, -0.2) is 0 Å². The minimum atomic E-state index is 0.487. The third-order valence-electron chi connectivity index (χ3n) is 2.67. The van der Waals surface area contributed by atoms with Gasteiger partial charge >= 0.3 is 0 Å². The second-order valence-electron chi connectivity index (χ2n) is 4.38. The van der Waals surface area contributed by atoms with Gasteiger partial charge in [-0.2, -0.15) is 0 Å². The van der Waals surface area contributed by atoms with Crippen LogP contribution in [0.2, 0.25) is 0 Å². The molecule has 0 aromatic heterocycles. The van der Waals surface area contributed by atoms with E-state index in [2.05, 4.69) is 38.3 Å². The second-order valence-corrected chi connectivity index (χ2v) is 5.23. The van der Waals surface area contributed by atoms with Crippen molar-refractivity contribution in [2.75, 3.05) is 6.26 Å². The zero-order valence-corrected chi connectivity index (χ0v) is 10.4. The van der Waals surface area contributed by atoms with Crippen LogP contribution in [0, 0.1) is 0 Å². The Morgan fingerprint density at radius 3 is 2.60 bits per heavy atom. The molecule has 1 aromatic rings. The van der Waals surface area contributed by atoms with E-state index in [0.29, 0.717) is 12.0 Å². The molecule has 2 rings (SSSR count). The summed E-state index contributed by atoms with van der Waals surface area (Å²) in [5, 5.41) is 0. The SMILES string of the molecule is CSc1cc(C(C)C)ccc1OC1CC1. The largest absolute Gasteiger partial charge is 0.489 e. The molecule has 0 bridgehead atoms. The van der Waals surface area contributed by atoms with Crippen molar-refractivity contribution in [3.8, 4) is 5.75 Å². The van der Waals surface area contributed by atoms with Gasteiger partial charge in [-0.3, -0.25) is 0 Å². The summed E-state index contributed by atoms with van der Waals surface area (Å²) in [5.41, 5.74) is 1.39. The maximum atomic E-state index is 5.86. The van der Waals surface area contributed by atoms with Crippen LogP contribution in [0.25, 0.3) is 0 Å². The smallest absolute Gasteiger partial charge is 0.133 e. The molecule has 15 heavy (non-hydrogen) atoms. The zero-order chi connectivity index (χ0) is 10.8. The van der Waals surface area contributed by atoms with Crippen LogP contribution in [-0.2, 0) is 0 Å². The Labute approximate surface area is 96.2 Å². The average Bonchev–Trinajstić information content (AvgIpc) is 3.02. The molecule has 0 radical (unpaired) electrons. The van der Waals surface area contributed by atoms with E-state index in [4.69, 9.17) is 4.74 Å². The standard InChI is InChI=1S/C13H18OS/c1-9(2)10-4-7-12(13(8-10)15-3)14-11-5-6-11/h4,7-9,11H,5-6H2,1-3H3. The van der Waals surface area contributed by atoms with Gasteiger partial charge in [0.1, 0.15) is 5.75 Å². The highest BCUT2D eigenvalue weighted by Gasteiger charge is 2.24. The fourth-order valence-electron chi connectivity index (χ4n) is 1.51. The molecule has 82 valence electrons. The molecule has 1 aliphatic carbocycles. The summed E-state index contributed by atoms with van der Waals surface area (Å²) in [4.78, 5) is 1.27. The number of thioether (sulfide) groups is 1. The van der Waals surface area contributed by atoms with Crippen LogP contribution in [0.15, 0.2) is 23.1 Å². The van der Waals surface area contributed by atoms with E-state index in [-0.39, 0.29) is 0 Å². The Hall–Kier alpha value is -0.630. The molecule has 0 spiro atoms. The number of hydrogen-bond acceptors (Lipinski definition) is 2. The minimum absolute atomic E-state index is 0.487. The number of ether oxygens (including phenoxy) is 1. The first kappa shape index (κ1) is 10.9. The van der Waals surface area contributed by atoms with E-state index in [1.807, 2.05) is 0 Å². The van der Waals surface area contributed by atoms with Crippen molar-refractivity contribution < 1.29 is 4.74 Å². The molecule has 0 N–H and O–H groups in total. The Kier molecular flexibility index (Phi) is 3.25. The lowest BCUT2D eigenvalue weighted by atomic mass is 10.0. The first-order valence-corrected chi connectivity index (χ1v) is 6.77. The molecule has 0 saturated heterocycles. The van der Waals surface area contributed by atoms with Crippen LogP contribution in [0.4, 0.5) is 0 Å². The van der Waals surface area contributed by atoms with Gasteiger partial charge in [0.05, 0.1) is 6.10 Å². The summed E-state index contributed by atoms with van der Waals surface area (Å²) in [6.45, 7) is 4.45. The number of benzene rings is 1. The Bertz CT molecular complexity index is 342. The first-order chi connectivity index (χ1) is 7.20. The summed E-state index contributed by atoms with van der Waals surface area (Å²) in [6.07, 6.45) is 5.04. The van der Waals surface area contributed by atoms with Gasteiger partial charge in [-0.15, -0.1) is 11.8 Å². The lowest BCUT2D eigenvalue weighted by molar-refractivity contribution is 0.296. The molecule has 0 unspecified atom stereocenters. The van der Waals surface area contributed by atoms with Crippen LogP contribution < -0.4 is 4.74 Å². The molecular formula is C13H18OS. The number of rotatable bonds is 4. The van der Waals surface area contributed by atoms with E-state index >= 15 is 0 Å². The third kappa shape index (κ3) is 2.69. The van der Waals surface area contributed by atoms with Gasteiger partial charge in [0.25, 0.3) is 0 Å². The van der Waals surface area contributed by atoms with Crippen LogP contribution >= 0.6 is 11.8 Å². The summed E-state index contributed by atoms with van der Waals surface area (Å²) < 4.78 is 5.86. The maximum absolute atomic E-state index is 5.86. The number of hydrogen-bond donors (Lipinski definition) is 0.